The summed E-state index contributed by atoms with van der Waals surface area (Å²) < 4.78 is 18.9. The summed E-state index contributed by atoms with van der Waals surface area (Å²) in [6.07, 6.45) is 2.11. The second-order valence-electron chi connectivity index (χ2n) is 6.52. The number of amides is 1. The maximum Gasteiger partial charge on any atom is 0.269 e. The zero-order chi connectivity index (χ0) is 17.6. The number of ether oxygens (including phenoxy) is 1. The molecular weight excluding hydrogens is 321 g/mol. The number of halogens is 1. The lowest BCUT2D eigenvalue weighted by molar-refractivity contribution is 0.0942. The summed E-state index contributed by atoms with van der Waals surface area (Å²) in [5.41, 5.74) is 0.493. The molecular formula is C19H24FN3O2. The van der Waals surface area contributed by atoms with Crippen LogP contribution in [0.25, 0.3) is 10.9 Å². The number of methoxy groups -OCH3 is 1. The van der Waals surface area contributed by atoms with Crippen LogP contribution in [0.1, 0.15) is 23.3 Å². The minimum atomic E-state index is -0.408. The van der Waals surface area contributed by atoms with Crippen LogP contribution in [0.4, 0.5) is 4.39 Å². The van der Waals surface area contributed by atoms with Crippen LogP contribution in [0.5, 0.6) is 0 Å². The second-order valence-corrected chi connectivity index (χ2v) is 6.52. The van der Waals surface area contributed by atoms with Crippen molar-refractivity contribution in [3.63, 3.8) is 0 Å². The Morgan fingerprint density at radius 3 is 3.12 bits per heavy atom. The van der Waals surface area contributed by atoms with Crippen LogP contribution in [0.3, 0.4) is 0 Å². The van der Waals surface area contributed by atoms with Gasteiger partial charge in [0, 0.05) is 38.7 Å². The molecule has 5 nitrogen and oxygen atoms in total. The van der Waals surface area contributed by atoms with Gasteiger partial charge in [0.2, 0.25) is 0 Å². The van der Waals surface area contributed by atoms with Crippen molar-refractivity contribution in [3.05, 3.63) is 41.8 Å². The minimum Gasteiger partial charge on any atom is -0.385 e. The van der Waals surface area contributed by atoms with E-state index in [1.807, 2.05) is 0 Å². The van der Waals surface area contributed by atoms with Crippen LogP contribution in [0.2, 0.25) is 0 Å². The molecule has 3 rings (SSSR count). The van der Waals surface area contributed by atoms with Crippen molar-refractivity contribution in [2.45, 2.75) is 12.8 Å². The number of aromatic nitrogens is 1. The van der Waals surface area contributed by atoms with E-state index in [0.29, 0.717) is 17.8 Å². The molecule has 1 N–H and O–H groups in total. The van der Waals surface area contributed by atoms with Crippen molar-refractivity contribution in [2.24, 2.45) is 5.92 Å². The second kappa shape index (κ2) is 8.36. The Bertz CT molecular complexity index is 738. The number of fused-ring (bicyclic) bond motifs is 1. The van der Waals surface area contributed by atoms with Crippen LogP contribution < -0.4 is 5.32 Å². The quantitative estimate of drug-likeness (QED) is 0.783. The van der Waals surface area contributed by atoms with Crippen molar-refractivity contribution in [3.8, 4) is 0 Å². The van der Waals surface area contributed by atoms with Gasteiger partial charge in [0.1, 0.15) is 17.0 Å². The largest absolute Gasteiger partial charge is 0.385 e. The fraction of sp³-hybridized carbons (Fsp3) is 0.474. The van der Waals surface area contributed by atoms with Crippen LogP contribution in [0, 0.1) is 11.7 Å². The summed E-state index contributed by atoms with van der Waals surface area (Å²) >= 11 is 0. The van der Waals surface area contributed by atoms with Gasteiger partial charge in [-0.1, -0.05) is 18.2 Å². The topological polar surface area (TPSA) is 54.5 Å². The van der Waals surface area contributed by atoms with Crippen molar-refractivity contribution in [2.75, 3.05) is 39.9 Å². The average Bonchev–Trinajstić information content (AvgIpc) is 3.08. The molecule has 2 heterocycles. The molecule has 0 radical (unpaired) electrons. The van der Waals surface area contributed by atoms with Gasteiger partial charge in [-0.25, -0.2) is 9.37 Å². The molecule has 1 fully saturated rings. The van der Waals surface area contributed by atoms with Gasteiger partial charge in [0.15, 0.2) is 0 Å². The van der Waals surface area contributed by atoms with Crippen molar-refractivity contribution in [1.82, 2.24) is 15.2 Å². The highest BCUT2D eigenvalue weighted by Crippen LogP contribution is 2.17. The summed E-state index contributed by atoms with van der Waals surface area (Å²) in [5, 5.41) is 3.63. The van der Waals surface area contributed by atoms with E-state index >= 15 is 0 Å². The highest BCUT2D eigenvalue weighted by Gasteiger charge is 2.22. The van der Waals surface area contributed by atoms with E-state index in [2.05, 4.69) is 15.2 Å². The monoisotopic (exact) mass is 345 g/mol. The van der Waals surface area contributed by atoms with Gasteiger partial charge in [0.05, 0.1) is 0 Å². The van der Waals surface area contributed by atoms with Gasteiger partial charge in [0.25, 0.3) is 5.91 Å². The number of carbonyl (C=O) groups is 1. The molecule has 1 amide bonds. The predicted molar refractivity (Wildman–Crippen MR) is 95.1 cm³/mol. The van der Waals surface area contributed by atoms with Gasteiger partial charge in [-0.2, -0.15) is 0 Å². The number of benzene rings is 1. The number of nitrogens with one attached hydrogen (secondary N) is 1. The smallest absolute Gasteiger partial charge is 0.269 e. The van der Waals surface area contributed by atoms with Gasteiger partial charge < -0.3 is 15.0 Å². The molecule has 0 bridgehead atoms. The van der Waals surface area contributed by atoms with Crippen molar-refractivity contribution < 1.29 is 13.9 Å². The lowest BCUT2D eigenvalue weighted by Gasteiger charge is -2.16. The first-order valence-corrected chi connectivity index (χ1v) is 8.72. The summed E-state index contributed by atoms with van der Waals surface area (Å²) in [4.78, 5) is 18.9. The van der Waals surface area contributed by atoms with Crippen LogP contribution in [-0.4, -0.2) is 55.7 Å². The summed E-state index contributed by atoms with van der Waals surface area (Å²) in [7, 11) is 1.72. The van der Waals surface area contributed by atoms with Gasteiger partial charge in [-0.05, 0) is 37.4 Å². The normalized spacial score (nSPS) is 17.9. The first kappa shape index (κ1) is 17.8. The van der Waals surface area contributed by atoms with E-state index < -0.39 is 5.82 Å². The van der Waals surface area contributed by atoms with Crippen molar-refractivity contribution in [1.29, 1.82) is 0 Å². The molecule has 0 spiro atoms. The molecule has 0 saturated carbocycles. The minimum absolute atomic E-state index is 0.236. The van der Waals surface area contributed by atoms with E-state index in [1.54, 1.807) is 31.4 Å². The van der Waals surface area contributed by atoms with E-state index in [-0.39, 0.29) is 17.1 Å². The molecule has 1 saturated heterocycles. The standard InChI is InChI=1S/C19H24FN3O2/c1-25-11-3-9-23-10-8-14(13-23)12-21-19(24)17-7-6-15-4-2-5-16(20)18(15)22-17/h2,4-7,14H,3,8-13H2,1H3,(H,21,24). The number of likely N-dealkylation sites (tertiary alicyclic amines) is 1. The Balaban J connectivity index is 1.52. The van der Waals surface area contributed by atoms with Crippen LogP contribution >= 0.6 is 0 Å². The SMILES string of the molecule is COCCCN1CCC(CNC(=O)c2ccc3cccc(F)c3n2)C1. The highest BCUT2D eigenvalue weighted by molar-refractivity contribution is 5.94. The Morgan fingerprint density at radius 2 is 2.28 bits per heavy atom. The number of nitrogens with zero attached hydrogens (tertiary/aromatic N) is 2. The van der Waals surface area contributed by atoms with E-state index in [4.69, 9.17) is 4.74 Å². The first-order chi connectivity index (χ1) is 12.2. The molecule has 1 aromatic carbocycles. The molecule has 1 unspecified atom stereocenters. The molecule has 1 aliphatic heterocycles. The lowest BCUT2D eigenvalue weighted by atomic mass is 10.1. The number of rotatable bonds is 7. The molecule has 25 heavy (non-hydrogen) atoms. The molecule has 134 valence electrons. The molecule has 1 aliphatic rings. The van der Waals surface area contributed by atoms with Gasteiger partial charge >= 0.3 is 0 Å². The molecule has 2 aromatic rings. The Hall–Kier alpha value is -2.05. The van der Waals surface area contributed by atoms with Crippen LogP contribution in [-0.2, 0) is 4.74 Å². The summed E-state index contributed by atoms with van der Waals surface area (Å²) in [5.74, 6) is -0.207. The number of pyridine rings is 1. The number of para-hydroxylation sites is 1. The zero-order valence-electron chi connectivity index (χ0n) is 14.5. The fourth-order valence-corrected chi connectivity index (χ4v) is 3.28. The Labute approximate surface area is 147 Å². The fourth-order valence-electron chi connectivity index (χ4n) is 3.28. The van der Waals surface area contributed by atoms with Gasteiger partial charge in [-0.15, -0.1) is 0 Å². The lowest BCUT2D eigenvalue weighted by Crippen LogP contribution is -2.31. The summed E-state index contributed by atoms with van der Waals surface area (Å²) in [6, 6.07) is 8.14. The molecule has 6 heteroatoms. The highest BCUT2D eigenvalue weighted by atomic mass is 19.1. The third kappa shape index (κ3) is 4.52. The first-order valence-electron chi connectivity index (χ1n) is 8.72. The predicted octanol–water partition coefficient (Wildman–Crippen LogP) is 2.46. The van der Waals surface area contributed by atoms with E-state index in [0.717, 1.165) is 39.1 Å². The van der Waals surface area contributed by atoms with Crippen LogP contribution in [0.15, 0.2) is 30.3 Å². The Kier molecular flexibility index (Phi) is 5.94. The van der Waals surface area contributed by atoms with E-state index in [9.17, 15) is 9.18 Å². The van der Waals surface area contributed by atoms with Gasteiger partial charge in [-0.3, -0.25) is 4.79 Å². The average molecular weight is 345 g/mol. The van der Waals surface area contributed by atoms with Crippen molar-refractivity contribution >= 4 is 16.8 Å². The molecule has 0 aliphatic carbocycles. The Morgan fingerprint density at radius 1 is 1.40 bits per heavy atom. The number of hydrogen-bond acceptors (Lipinski definition) is 4. The number of hydrogen-bond donors (Lipinski definition) is 1. The third-order valence-corrected chi connectivity index (χ3v) is 4.65. The number of carbonyl (C=O) groups excluding carboxylic acids is 1. The maximum absolute atomic E-state index is 13.8. The molecule has 1 aromatic heterocycles. The summed E-state index contributed by atoms with van der Waals surface area (Å²) in [6.45, 7) is 4.48. The van der Waals surface area contributed by atoms with E-state index in [1.165, 1.54) is 6.07 Å². The molecule has 1 atom stereocenters. The maximum atomic E-state index is 13.8. The zero-order valence-corrected chi connectivity index (χ0v) is 14.5. The third-order valence-electron chi connectivity index (χ3n) is 4.65.